The van der Waals surface area contributed by atoms with Crippen LogP contribution in [0.4, 0.5) is 0 Å². The second-order valence-electron chi connectivity index (χ2n) is 8.70. The molecule has 0 aliphatic heterocycles. The Bertz CT molecular complexity index is 863. The van der Waals surface area contributed by atoms with Gasteiger partial charge in [0.15, 0.2) is 0 Å². The molecule has 0 saturated heterocycles. The number of quaternary nitrogens is 1. The average Bonchev–Trinajstić information content (AvgIpc) is 2.85. The van der Waals surface area contributed by atoms with E-state index in [9.17, 15) is 18.9 Å². The maximum absolute atomic E-state index is 12.5. The van der Waals surface area contributed by atoms with Crippen molar-refractivity contribution < 1.29 is 28.5 Å². The summed E-state index contributed by atoms with van der Waals surface area (Å²) in [5, 5.41) is 20.1. The van der Waals surface area contributed by atoms with Crippen molar-refractivity contribution in [2.24, 2.45) is 0 Å². The number of hydrogen-bond acceptors (Lipinski definition) is 4. The third kappa shape index (κ3) is 9.39. The van der Waals surface area contributed by atoms with Gasteiger partial charge in [0, 0.05) is 5.56 Å². The molecule has 2 aromatic rings. The monoisotopic (exact) mass is 489 g/mol. The predicted molar refractivity (Wildman–Crippen MR) is 134 cm³/mol. The van der Waals surface area contributed by atoms with Gasteiger partial charge in [0.25, 0.3) is 0 Å². The first kappa shape index (κ1) is 29.5. The third-order valence-corrected chi connectivity index (χ3v) is 7.29. The second-order valence-corrected chi connectivity index (χ2v) is 10.1. The van der Waals surface area contributed by atoms with Gasteiger partial charge in [-0.2, -0.15) is 0 Å². The number of carbonyl (C=O) groups is 2. The lowest BCUT2D eigenvalue weighted by molar-refractivity contribution is -0.910. The Morgan fingerprint density at radius 2 is 1.18 bits per heavy atom. The molecule has 34 heavy (non-hydrogen) atoms. The van der Waals surface area contributed by atoms with Crippen molar-refractivity contribution in [2.75, 3.05) is 26.7 Å². The van der Waals surface area contributed by atoms with Crippen LogP contribution in [0.25, 0.3) is 0 Å². The molecular formula is C27H39NO5S. The lowest BCUT2D eigenvalue weighted by atomic mass is 10.2. The first-order valence-electron chi connectivity index (χ1n) is 12.1. The largest absolute Gasteiger partial charge is 0.545 e. The fraction of sp³-hybridized carbons (Fsp3) is 0.481. The Morgan fingerprint density at radius 1 is 0.794 bits per heavy atom. The molecule has 1 atom stereocenters. The van der Waals surface area contributed by atoms with E-state index in [2.05, 4.69) is 27.8 Å². The molecule has 7 heteroatoms. The number of carbonyl (C=O) groups excluding carboxylic acids is 1. The van der Waals surface area contributed by atoms with Crippen LogP contribution >= 0.6 is 0 Å². The summed E-state index contributed by atoms with van der Waals surface area (Å²) in [4.78, 5) is 22.2. The predicted octanol–water partition coefficient (Wildman–Crippen LogP) is 4.75. The molecule has 0 aliphatic rings. The van der Waals surface area contributed by atoms with Gasteiger partial charge < -0.3 is 19.5 Å². The standard InChI is InChI=1S/C14H10O5S.C13H30N/c15-13(16)9-5-1-3-7-11(9)20(19)12-8-4-2-6-10(12)14(17)18;1-5-8-11-14(4,12-9-6-2)13-10-7-3/h1-8H,(H,15,16)(H,17,18);5-13H2,1-4H3/q;+1/p-1. The Hall–Kier alpha value is -2.51. The van der Waals surface area contributed by atoms with Crippen molar-refractivity contribution in [3.05, 3.63) is 59.7 Å². The van der Waals surface area contributed by atoms with E-state index in [1.807, 2.05) is 0 Å². The minimum atomic E-state index is -1.91. The number of nitrogens with zero attached hydrogens (tertiary/aromatic N) is 1. The highest BCUT2D eigenvalue weighted by atomic mass is 32.2. The lowest BCUT2D eigenvalue weighted by Gasteiger charge is -2.34. The molecule has 2 aromatic carbocycles. The van der Waals surface area contributed by atoms with Crippen molar-refractivity contribution in [1.82, 2.24) is 0 Å². The van der Waals surface area contributed by atoms with Gasteiger partial charge in [0.05, 0.1) is 58.8 Å². The SMILES string of the molecule is CCCC[N+](C)(CCCC)CCCC.O=C([O-])c1ccccc1S(=O)c1ccccc1C(=O)O. The van der Waals surface area contributed by atoms with Gasteiger partial charge in [-0.25, -0.2) is 9.00 Å². The number of rotatable bonds is 13. The van der Waals surface area contributed by atoms with E-state index in [1.165, 1.54) is 105 Å². The van der Waals surface area contributed by atoms with Crippen molar-refractivity contribution in [2.45, 2.75) is 69.1 Å². The highest BCUT2D eigenvalue weighted by Gasteiger charge is 2.19. The van der Waals surface area contributed by atoms with E-state index < -0.39 is 22.7 Å². The molecule has 0 radical (unpaired) electrons. The summed E-state index contributed by atoms with van der Waals surface area (Å²) in [6.07, 6.45) is 8.20. The molecular weight excluding hydrogens is 450 g/mol. The molecule has 6 nitrogen and oxygen atoms in total. The van der Waals surface area contributed by atoms with Gasteiger partial charge in [-0.3, -0.25) is 0 Å². The van der Waals surface area contributed by atoms with Gasteiger partial charge in [-0.15, -0.1) is 0 Å². The third-order valence-electron chi connectivity index (χ3n) is 5.78. The van der Waals surface area contributed by atoms with Crippen LogP contribution < -0.4 is 5.11 Å². The molecule has 0 amide bonds. The second kappa shape index (κ2) is 15.4. The molecule has 188 valence electrons. The summed E-state index contributed by atoms with van der Waals surface area (Å²) >= 11 is 0. The van der Waals surface area contributed by atoms with Crippen LogP contribution in [0.2, 0.25) is 0 Å². The van der Waals surface area contributed by atoms with Crippen LogP contribution in [0.1, 0.15) is 80.0 Å². The first-order chi connectivity index (χ1) is 16.2. The lowest BCUT2D eigenvalue weighted by Crippen LogP contribution is -2.46. The zero-order valence-corrected chi connectivity index (χ0v) is 21.7. The fourth-order valence-electron chi connectivity index (χ4n) is 3.68. The van der Waals surface area contributed by atoms with Crippen molar-refractivity contribution in [3.8, 4) is 0 Å². The highest BCUT2D eigenvalue weighted by Crippen LogP contribution is 2.23. The number of unbranched alkanes of at least 4 members (excludes halogenated alkanes) is 3. The van der Waals surface area contributed by atoms with Crippen LogP contribution in [0.3, 0.4) is 0 Å². The van der Waals surface area contributed by atoms with Crippen molar-refractivity contribution in [3.63, 3.8) is 0 Å². The van der Waals surface area contributed by atoms with Gasteiger partial charge in [0.1, 0.15) is 0 Å². The van der Waals surface area contributed by atoms with Crippen molar-refractivity contribution >= 4 is 22.7 Å². The van der Waals surface area contributed by atoms with Crippen LogP contribution in [0.15, 0.2) is 58.3 Å². The maximum atomic E-state index is 12.5. The summed E-state index contributed by atoms with van der Waals surface area (Å²) in [5.41, 5.74) is -0.343. The summed E-state index contributed by atoms with van der Waals surface area (Å²) in [6.45, 7) is 11.0. The molecule has 0 saturated carbocycles. The Balaban J connectivity index is 0.000000365. The summed E-state index contributed by atoms with van der Waals surface area (Å²) in [5.74, 6) is -2.68. The number of benzene rings is 2. The first-order valence-corrected chi connectivity index (χ1v) is 13.2. The molecule has 0 spiro atoms. The van der Waals surface area contributed by atoms with E-state index in [0.29, 0.717) is 0 Å². The smallest absolute Gasteiger partial charge is 0.336 e. The van der Waals surface area contributed by atoms with Gasteiger partial charge in [-0.1, -0.05) is 70.4 Å². The maximum Gasteiger partial charge on any atom is 0.336 e. The Kier molecular flexibility index (Phi) is 13.4. The van der Waals surface area contributed by atoms with Crippen LogP contribution in [-0.4, -0.2) is 52.4 Å². The van der Waals surface area contributed by atoms with E-state index in [1.54, 1.807) is 6.07 Å². The van der Waals surface area contributed by atoms with Crippen LogP contribution in [0, 0.1) is 0 Å². The van der Waals surface area contributed by atoms with Crippen molar-refractivity contribution in [1.29, 1.82) is 0 Å². The molecule has 2 rings (SSSR count). The zero-order valence-electron chi connectivity index (χ0n) is 20.9. The quantitative estimate of drug-likeness (QED) is 0.410. The van der Waals surface area contributed by atoms with Crippen LogP contribution in [0.5, 0.6) is 0 Å². The van der Waals surface area contributed by atoms with Gasteiger partial charge in [0.2, 0.25) is 0 Å². The normalized spacial score (nSPS) is 11.9. The number of carboxylic acids is 2. The van der Waals surface area contributed by atoms with E-state index >= 15 is 0 Å². The molecule has 0 fully saturated rings. The topological polar surface area (TPSA) is 94.5 Å². The summed E-state index contributed by atoms with van der Waals surface area (Å²) in [7, 11) is 0.533. The molecule has 1 unspecified atom stereocenters. The molecule has 1 N–H and O–H groups in total. The number of carboxylic acid groups (broad SMARTS) is 2. The van der Waals surface area contributed by atoms with E-state index in [0.717, 1.165) is 0 Å². The Morgan fingerprint density at radius 3 is 1.56 bits per heavy atom. The van der Waals surface area contributed by atoms with Gasteiger partial charge >= 0.3 is 5.97 Å². The van der Waals surface area contributed by atoms with Gasteiger partial charge in [-0.05, 0) is 37.5 Å². The zero-order chi connectivity index (χ0) is 25.6. The molecule has 0 heterocycles. The highest BCUT2D eigenvalue weighted by molar-refractivity contribution is 7.85. The molecule has 0 aliphatic carbocycles. The van der Waals surface area contributed by atoms with E-state index in [4.69, 9.17) is 5.11 Å². The minimum Gasteiger partial charge on any atom is -0.545 e. The average molecular weight is 490 g/mol. The summed E-state index contributed by atoms with van der Waals surface area (Å²) < 4.78 is 13.8. The fourth-order valence-corrected chi connectivity index (χ4v) is 5.02. The molecule has 0 aromatic heterocycles. The summed E-state index contributed by atoms with van der Waals surface area (Å²) in [6, 6.07) is 11.4. The molecule has 0 bridgehead atoms. The Labute approximate surface area is 206 Å². The minimum absolute atomic E-state index is 0.0150. The van der Waals surface area contributed by atoms with E-state index in [-0.39, 0.29) is 20.9 Å². The van der Waals surface area contributed by atoms with Crippen LogP contribution in [-0.2, 0) is 10.8 Å². The number of hydrogen-bond donors (Lipinski definition) is 1. The number of aromatic carboxylic acids is 2.